The van der Waals surface area contributed by atoms with E-state index in [1.54, 1.807) is 17.4 Å². The number of nitrogens with one attached hydrogen (secondary N) is 1. The number of carbonyl (C=O) groups is 2. The van der Waals surface area contributed by atoms with Crippen molar-refractivity contribution in [3.8, 4) is 0 Å². The minimum Gasteiger partial charge on any atom is -0.469 e. The summed E-state index contributed by atoms with van der Waals surface area (Å²) >= 11 is 0. The van der Waals surface area contributed by atoms with Crippen LogP contribution in [0, 0.1) is 0 Å². The highest BCUT2D eigenvalue weighted by molar-refractivity contribution is 5.81. The fraction of sp³-hybridized carbons (Fsp3) is 0.429. The van der Waals surface area contributed by atoms with Crippen LogP contribution in [0.2, 0.25) is 0 Å². The Morgan fingerprint density at radius 2 is 1.86 bits per heavy atom. The quantitative estimate of drug-likeness (QED) is 0.779. The first-order chi connectivity index (χ1) is 10.2. The van der Waals surface area contributed by atoms with Crippen molar-refractivity contribution in [2.75, 3.05) is 13.7 Å². The van der Waals surface area contributed by atoms with Crippen LogP contribution in [0.1, 0.15) is 23.7 Å². The summed E-state index contributed by atoms with van der Waals surface area (Å²) in [5.74, 6) is -2.44. The van der Waals surface area contributed by atoms with E-state index >= 15 is 0 Å². The lowest BCUT2D eigenvalue weighted by Crippen LogP contribution is -2.38. The first kappa shape index (κ1) is 18.0. The fourth-order valence-corrected chi connectivity index (χ4v) is 1.66. The zero-order valence-corrected chi connectivity index (χ0v) is 11.8. The molecule has 1 amide bonds. The Morgan fingerprint density at radius 3 is 2.36 bits per heavy atom. The predicted octanol–water partition coefficient (Wildman–Crippen LogP) is 1.50. The molecule has 0 bridgehead atoms. The van der Waals surface area contributed by atoms with Crippen molar-refractivity contribution in [1.29, 1.82) is 0 Å². The number of hydrogen-bond donors (Lipinski definition) is 2. The van der Waals surface area contributed by atoms with Crippen molar-refractivity contribution < 1.29 is 32.6 Å². The van der Waals surface area contributed by atoms with Gasteiger partial charge in [0.25, 0.3) is 0 Å². The minimum atomic E-state index is -4.97. The number of carbonyl (C=O) groups excluding carboxylic acids is 2. The lowest BCUT2D eigenvalue weighted by molar-refractivity contribution is -0.174. The molecule has 1 rings (SSSR count). The second kappa shape index (κ2) is 7.79. The van der Waals surface area contributed by atoms with Crippen LogP contribution in [0.4, 0.5) is 13.2 Å². The van der Waals surface area contributed by atoms with Crippen LogP contribution in [-0.2, 0) is 20.7 Å². The molecular weight excluding hydrogens is 303 g/mol. The van der Waals surface area contributed by atoms with Crippen LogP contribution in [0.15, 0.2) is 24.3 Å². The Labute approximate surface area is 125 Å². The van der Waals surface area contributed by atoms with Gasteiger partial charge in [-0.3, -0.25) is 9.59 Å². The fourth-order valence-electron chi connectivity index (χ4n) is 1.66. The van der Waals surface area contributed by atoms with Crippen molar-refractivity contribution in [2.24, 2.45) is 0 Å². The first-order valence-electron chi connectivity index (χ1n) is 6.42. The molecule has 22 heavy (non-hydrogen) atoms. The average molecular weight is 319 g/mol. The van der Waals surface area contributed by atoms with Gasteiger partial charge in [-0.05, 0) is 17.5 Å². The third kappa shape index (κ3) is 5.72. The number of aryl methyl sites for hydroxylation is 1. The highest BCUT2D eigenvalue weighted by Crippen LogP contribution is 2.17. The van der Waals surface area contributed by atoms with Gasteiger partial charge in [0.1, 0.15) is 0 Å². The summed E-state index contributed by atoms with van der Waals surface area (Å²) in [6.45, 7) is -0.542. The molecule has 8 heteroatoms. The number of esters is 1. The van der Waals surface area contributed by atoms with E-state index in [0.29, 0.717) is 12.0 Å². The highest BCUT2D eigenvalue weighted by atomic mass is 19.4. The topological polar surface area (TPSA) is 75.6 Å². The number of alkyl halides is 3. The molecule has 1 aromatic carbocycles. The van der Waals surface area contributed by atoms with Crippen molar-refractivity contribution >= 4 is 11.9 Å². The molecule has 0 saturated heterocycles. The number of benzene rings is 1. The number of methoxy groups -OCH3 is 1. The second-order valence-electron chi connectivity index (χ2n) is 4.54. The molecule has 0 aliphatic heterocycles. The van der Waals surface area contributed by atoms with E-state index in [1.807, 2.05) is 0 Å². The molecule has 122 valence electrons. The van der Waals surface area contributed by atoms with Gasteiger partial charge in [-0.1, -0.05) is 24.3 Å². The van der Waals surface area contributed by atoms with Gasteiger partial charge >= 0.3 is 18.1 Å². The second-order valence-corrected chi connectivity index (χ2v) is 4.54. The van der Waals surface area contributed by atoms with Crippen LogP contribution in [0.3, 0.4) is 0 Å². The molecular formula is C14H16F3NO4. The van der Waals surface area contributed by atoms with Crippen molar-refractivity contribution in [1.82, 2.24) is 5.32 Å². The van der Waals surface area contributed by atoms with Crippen molar-refractivity contribution in [2.45, 2.75) is 25.1 Å². The Kier molecular flexibility index (Phi) is 6.36. The van der Waals surface area contributed by atoms with Crippen molar-refractivity contribution in [3.05, 3.63) is 35.4 Å². The zero-order valence-electron chi connectivity index (χ0n) is 11.8. The number of aliphatic hydroxyl groups excluding tert-OH is 1. The Balaban J connectivity index is 2.52. The maximum absolute atomic E-state index is 12.0. The number of rotatable bonds is 6. The van der Waals surface area contributed by atoms with Gasteiger partial charge < -0.3 is 15.2 Å². The number of amides is 1. The average Bonchev–Trinajstić information content (AvgIpc) is 2.49. The zero-order chi connectivity index (χ0) is 16.8. The maximum Gasteiger partial charge on any atom is 0.471 e. The lowest BCUT2D eigenvalue weighted by Gasteiger charge is -2.13. The molecule has 0 heterocycles. The number of hydrogen-bond acceptors (Lipinski definition) is 4. The Hall–Kier alpha value is -2.09. The van der Waals surface area contributed by atoms with Crippen LogP contribution >= 0.6 is 0 Å². The summed E-state index contributed by atoms with van der Waals surface area (Å²) in [5, 5.41) is 11.3. The monoisotopic (exact) mass is 319 g/mol. The molecule has 5 nitrogen and oxygen atoms in total. The summed E-state index contributed by atoms with van der Waals surface area (Å²) in [7, 11) is 1.29. The molecule has 1 unspecified atom stereocenters. The molecule has 0 spiro atoms. The van der Waals surface area contributed by atoms with Gasteiger partial charge in [-0.2, -0.15) is 13.2 Å². The van der Waals surface area contributed by atoms with Gasteiger partial charge in [-0.25, -0.2) is 0 Å². The number of halogens is 3. The van der Waals surface area contributed by atoms with E-state index < -0.39 is 24.7 Å². The molecule has 0 aliphatic rings. The summed E-state index contributed by atoms with van der Waals surface area (Å²) < 4.78 is 40.5. The summed E-state index contributed by atoms with van der Waals surface area (Å²) in [6.07, 6.45) is -5.56. The van der Waals surface area contributed by atoms with Gasteiger partial charge in [0.05, 0.1) is 13.2 Å². The van der Waals surface area contributed by atoms with Gasteiger partial charge in [0, 0.05) is 13.0 Å². The van der Waals surface area contributed by atoms with Crippen LogP contribution in [0.5, 0.6) is 0 Å². The Bertz CT molecular complexity index is 514. The first-order valence-corrected chi connectivity index (χ1v) is 6.42. The van der Waals surface area contributed by atoms with Gasteiger partial charge in [-0.15, -0.1) is 0 Å². The third-order valence-corrected chi connectivity index (χ3v) is 2.92. The van der Waals surface area contributed by atoms with Crippen LogP contribution in [-0.4, -0.2) is 36.8 Å². The molecule has 0 aliphatic carbocycles. The van der Waals surface area contributed by atoms with Crippen LogP contribution < -0.4 is 5.32 Å². The lowest BCUT2D eigenvalue weighted by atomic mass is 10.0. The minimum absolute atomic E-state index is 0.208. The maximum atomic E-state index is 12.0. The van der Waals surface area contributed by atoms with E-state index in [0.717, 1.165) is 5.56 Å². The number of aliphatic hydroxyl groups is 1. The molecule has 1 atom stereocenters. The predicted molar refractivity (Wildman–Crippen MR) is 70.8 cm³/mol. The normalized spacial score (nSPS) is 12.6. The smallest absolute Gasteiger partial charge is 0.469 e. The molecule has 2 N–H and O–H groups in total. The standard InChI is InChI=1S/C14H16F3NO4/c1-22-12(20)7-4-9-2-5-10(6-3-9)11(19)8-18-13(21)14(15,16)17/h2-3,5-6,11,19H,4,7-8H2,1H3,(H,18,21). The highest BCUT2D eigenvalue weighted by Gasteiger charge is 2.38. The van der Waals surface area contributed by atoms with E-state index in [9.17, 15) is 27.9 Å². The molecule has 0 radical (unpaired) electrons. The number of ether oxygens (including phenoxy) is 1. The molecule has 0 fully saturated rings. The summed E-state index contributed by atoms with van der Waals surface area (Å²) in [5.41, 5.74) is 1.19. The summed E-state index contributed by atoms with van der Waals surface area (Å²) in [4.78, 5) is 21.6. The van der Waals surface area contributed by atoms with E-state index in [1.165, 1.54) is 19.2 Å². The van der Waals surface area contributed by atoms with Crippen molar-refractivity contribution in [3.63, 3.8) is 0 Å². The van der Waals surface area contributed by atoms with E-state index in [4.69, 9.17) is 0 Å². The largest absolute Gasteiger partial charge is 0.471 e. The molecule has 0 saturated carbocycles. The molecule has 1 aromatic rings. The van der Waals surface area contributed by atoms with Gasteiger partial charge in [0.15, 0.2) is 0 Å². The SMILES string of the molecule is COC(=O)CCc1ccc(C(O)CNC(=O)C(F)(F)F)cc1. The molecule has 0 aromatic heterocycles. The van der Waals surface area contributed by atoms with Gasteiger partial charge in [0.2, 0.25) is 0 Å². The van der Waals surface area contributed by atoms with E-state index in [2.05, 4.69) is 4.74 Å². The van der Waals surface area contributed by atoms with E-state index in [-0.39, 0.29) is 12.4 Å². The summed E-state index contributed by atoms with van der Waals surface area (Å²) in [6, 6.07) is 6.34. The Morgan fingerprint density at radius 1 is 1.27 bits per heavy atom. The third-order valence-electron chi connectivity index (χ3n) is 2.92. The van der Waals surface area contributed by atoms with Crippen LogP contribution in [0.25, 0.3) is 0 Å².